The van der Waals surface area contributed by atoms with Crippen LogP contribution in [0.3, 0.4) is 0 Å². The van der Waals surface area contributed by atoms with Gasteiger partial charge in [-0.15, -0.1) is 0 Å². The molecule has 0 saturated heterocycles. The Balaban J connectivity index is 1.63. The first-order valence-electron chi connectivity index (χ1n) is 8.21. The summed E-state index contributed by atoms with van der Waals surface area (Å²) in [5, 5.41) is 5.55. The molecular weight excluding hydrogens is 334 g/mol. The molecule has 0 aromatic heterocycles. The van der Waals surface area contributed by atoms with Crippen LogP contribution in [0.25, 0.3) is 0 Å². The van der Waals surface area contributed by atoms with Crippen molar-refractivity contribution in [3.05, 3.63) is 59.2 Å². The lowest BCUT2D eigenvalue weighted by molar-refractivity contribution is -0.126. The monoisotopic (exact) mass is 347 g/mol. The number of carbonyl (C=O) groups is 4. The summed E-state index contributed by atoms with van der Waals surface area (Å²) in [4.78, 5) is 51.6. The van der Waals surface area contributed by atoms with Crippen molar-refractivity contribution < 1.29 is 19.2 Å². The van der Waals surface area contributed by atoms with Crippen LogP contribution in [0.4, 0.5) is 11.4 Å². The zero-order valence-corrected chi connectivity index (χ0v) is 13.5. The lowest BCUT2D eigenvalue weighted by atomic mass is 9.75. The Bertz CT molecular complexity index is 1010. The summed E-state index contributed by atoms with van der Waals surface area (Å²) in [6.07, 6.45) is -0.115. The van der Waals surface area contributed by atoms with Gasteiger partial charge in [0, 0.05) is 29.9 Å². The van der Waals surface area contributed by atoms with E-state index in [1.807, 2.05) is 0 Å². The summed E-state index contributed by atoms with van der Waals surface area (Å²) < 4.78 is 0. The maximum absolute atomic E-state index is 12.8. The van der Waals surface area contributed by atoms with Crippen LogP contribution in [0, 0.1) is 0 Å². The molecule has 2 aromatic carbocycles. The van der Waals surface area contributed by atoms with Gasteiger partial charge in [0.25, 0.3) is 11.8 Å². The van der Waals surface area contributed by atoms with E-state index in [9.17, 15) is 19.2 Å². The molecule has 2 aromatic rings. The third-order valence-corrected chi connectivity index (χ3v) is 5.27. The van der Waals surface area contributed by atoms with Crippen molar-refractivity contribution in [1.82, 2.24) is 4.90 Å². The summed E-state index contributed by atoms with van der Waals surface area (Å²) in [7, 11) is 0. The minimum absolute atomic E-state index is 0.115. The van der Waals surface area contributed by atoms with E-state index in [1.165, 1.54) is 0 Å². The third-order valence-electron chi connectivity index (χ3n) is 5.27. The average Bonchev–Trinajstić information content (AvgIpc) is 3.03. The maximum Gasteiger partial charge on any atom is 0.261 e. The van der Waals surface area contributed by atoms with Crippen molar-refractivity contribution in [3.8, 4) is 0 Å². The van der Waals surface area contributed by atoms with Gasteiger partial charge in [-0.2, -0.15) is 0 Å². The molecule has 4 amide bonds. The number of benzene rings is 2. The highest BCUT2D eigenvalue weighted by Gasteiger charge is 2.55. The van der Waals surface area contributed by atoms with Crippen LogP contribution >= 0.6 is 0 Å². The molecule has 3 aliphatic rings. The molecule has 0 fully saturated rings. The van der Waals surface area contributed by atoms with E-state index in [0.29, 0.717) is 28.1 Å². The van der Waals surface area contributed by atoms with Gasteiger partial charge in [-0.3, -0.25) is 24.1 Å². The van der Waals surface area contributed by atoms with Crippen LogP contribution in [0.5, 0.6) is 0 Å². The fourth-order valence-electron chi connectivity index (χ4n) is 4.13. The Hall–Kier alpha value is -3.48. The van der Waals surface area contributed by atoms with E-state index >= 15 is 0 Å². The number of anilines is 2. The van der Waals surface area contributed by atoms with Gasteiger partial charge in [0.15, 0.2) is 0 Å². The van der Waals surface area contributed by atoms with E-state index < -0.39 is 17.2 Å². The van der Waals surface area contributed by atoms with Crippen molar-refractivity contribution in [2.45, 2.75) is 11.8 Å². The van der Waals surface area contributed by atoms with Gasteiger partial charge in [0.1, 0.15) is 5.41 Å². The van der Waals surface area contributed by atoms with Crippen LogP contribution in [0.1, 0.15) is 32.7 Å². The van der Waals surface area contributed by atoms with Gasteiger partial charge in [-0.25, -0.2) is 0 Å². The molecule has 5 rings (SSSR count). The zero-order chi connectivity index (χ0) is 18.1. The van der Waals surface area contributed by atoms with Crippen molar-refractivity contribution in [1.29, 1.82) is 0 Å². The molecule has 128 valence electrons. The van der Waals surface area contributed by atoms with Gasteiger partial charge in [-0.1, -0.05) is 18.2 Å². The van der Waals surface area contributed by atoms with Gasteiger partial charge < -0.3 is 10.6 Å². The normalized spacial score (nSPS) is 22.8. The van der Waals surface area contributed by atoms with E-state index in [-0.39, 0.29) is 24.8 Å². The smallest absolute Gasteiger partial charge is 0.261 e. The lowest BCUT2D eigenvalue weighted by Gasteiger charge is -2.34. The van der Waals surface area contributed by atoms with E-state index in [1.54, 1.807) is 42.5 Å². The number of hydrogen-bond acceptors (Lipinski definition) is 4. The largest absolute Gasteiger partial charge is 0.326 e. The molecule has 0 radical (unpaired) electrons. The van der Waals surface area contributed by atoms with Crippen LogP contribution in [0.2, 0.25) is 0 Å². The van der Waals surface area contributed by atoms with Crippen LogP contribution in [-0.2, 0) is 15.0 Å². The van der Waals surface area contributed by atoms with Crippen molar-refractivity contribution in [2.75, 3.05) is 17.2 Å². The molecule has 26 heavy (non-hydrogen) atoms. The Kier molecular flexibility index (Phi) is 2.73. The first-order valence-corrected chi connectivity index (χ1v) is 8.21. The maximum atomic E-state index is 12.8. The second-order valence-corrected chi connectivity index (χ2v) is 6.73. The second kappa shape index (κ2) is 4.78. The summed E-state index contributed by atoms with van der Waals surface area (Å²) in [5.74, 6) is -1.57. The number of nitrogens with zero attached hydrogens (tertiary/aromatic N) is 1. The van der Waals surface area contributed by atoms with Gasteiger partial charge >= 0.3 is 0 Å². The highest BCUT2D eigenvalue weighted by atomic mass is 16.2. The van der Waals surface area contributed by atoms with Gasteiger partial charge in [0.2, 0.25) is 11.8 Å². The molecule has 7 heteroatoms. The highest BCUT2D eigenvalue weighted by molar-refractivity contribution is 6.22. The van der Waals surface area contributed by atoms with E-state index in [2.05, 4.69) is 10.6 Å². The van der Waals surface area contributed by atoms with Crippen molar-refractivity contribution >= 4 is 35.0 Å². The highest BCUT2D eigenvalue weighted by Crippen LogP contribution is 2.48. The molecule has 2 N–H and O–H groups in total. The van der Waals surface area contributed by atoms with E-state index in [4.69, 9.17) is 0 Å². The minimum atomic E-state index is -1.26. The number of amides is 4. The van der Waals surface area contributed by atoms with Gasteiger partial charge in [0.05, 0.1) is 11.1 Å². The van der Waals surface area contributed by atoms with Gasteiger partial charge in [-0.05, 0) is 24.3 Å². The number of imide groups is 1. The summed E-state index contributed by atoms with van der Waals surface area (Å²) in [5.41, 5.74) is 1.16. The molecule has 1 atom stereocenters. The lowest BCUT2D eigenvalue weighted by Crippen LogP contribution is -2.51. The van der Waals surface area contributed by atoms with Crippen LogP contribution < -0.4 is 10.6 Å². The number of fused-ring (bicyclic) bond motifs is 1. The molecule has 1 unspecified atom stereocenters. The summed E-state index contributed by atoms with van der Waals surface area (Å²) in [6.45, 7) is -0.164. The molecule has 3 aliphatic heterocycles. The predicted molar refractivity (Wildman–Crippen MR) is 91.8 cm³/mol. The zero-order valence-electron chi connectivity index (χ0n) is 13.5. The molecule has 0 aliphatic carbocycles. The molecule has 3 heterocycles. The standard InChI is InChI=1S/C19H13N3O4/c23-14-8-19(15-12(20-14)6-3-7-13(15)21-18(19)26)9-22-16(24)10-4-1-2-5-11(10)17(22)25/h1-7H,8-9H2,(H,20,23)(H,21,26). The molecular formula is C19H13N3O4. The molecule has 7 nitrogen and oxygen atoms in total. The van der Waals surface area contributed by atoms with Crippen molar-refractivity contribution in [3.63, 3.8) is 0 Å². The summed E-state index contributed by atoms with van der Waals surface area (Å²) >= 11 is 0. The SMILES string of the molecule is O=C1CC2(CN3C(=O)c4ccccc4C3=O)C(=O)Nc3cccc(c32)N1. The van der Waals surface area contributed by atoms with E-state index in [0.717, 1.165) is 4.90 Å². The van der Waals surface area contributed by atoms with Crippen LogP contribution in [0.15, 0.2) is 42.5 Å². The number of carbonyl (C=O) groups excluding carboxylic acids is 4. The quantitative estimate of drug-likeness (QED) is 0.805. The Morgan fingerprint density at radius 1 is 0.846 bits per heavy atom. The minimum Gasteiger partial charge on any atom is -0.326 e. The number of hydrogen-bond donors (Lipinski definition) is 2. The molecule has 0 saturated carbocycles. The first-order chi connectivity index (χ1) is 12.5. The first kappa shape index (κ1) is 14.8. The van der Waals surface area contributed by atoms with Crippen molar-refractivity contribution in [2.24, 2.45) is 0 Å². The van der Waals surface area contributed by atoms with Crippen LogP contribution in [-0.4, -0.2) is 35.1 Å². The molecule has 0 spiro atoms. The Morgan fingerprint density at radius 3 is 2.12 bits per heavy atom. The topological polar surface area (TPSA) is 95.6 Å². The Morgan fingerprint density at radius 2 is 1.46 bits per heavy atom. The second-order valence-electron chi connectivity index (χ2n) is 6.73. The third kappa shape index (κ3) is 1.72. The fraction of sp³-hybridized carbons (Fsp3) is 0.158. The average molecular weight is 347 g/mol. The molecule has 0 bridgehead atoms. The number of rotatable bonds is 2. The predicted octanol–water partition coefficient (Wildman–Crippen LogP) is 1.51. The summed E-state index contributed by atoms with van der Waals surface area (Å²) in [6, 6.07) is 11.8. The number of nitrogens with one attached hydrogen (secondary N) is 2. The fourth-order valence-corrected chi connectivity index (χ4v) is 4.13. The Labute approximate surface area is 148 Å².